The van der Waals surface area contributed by atoms with Crippen molar-refractivity contribution in [3.8, 4) is 0 Å². The van der Waals surface area contributed by atoms with Crippen LogP contribution in [0, 0.1) is 5.92 Å². The molecule has 0 aromatic carbocycles. The molecule has 20 heavy (non-hydrogen) atoms. The Hall–Kier alpha value is -1.59. The molecule has 1 aliphatic carbocycles. The van der Waals surface area contributed by atoms with Gasteiger partial charge in [-0.05, 0) is 37.4 Å². The van der Waals surface area contributed by atoms with E-state index in [2.05, 4.69) is 33.5 Å². The van der Waals surface area contributed by atoms with E-state index in [0.717, 1.165) is 23.9 Å². The van der Waals surface area contributed by atoms with Crippen LogP contribution in [0.25, 0.3) is 0 Å². The molecule has 0 bridgehead atoms. The number of methoxy groups -OCH3 is 1. The molecule has 0 spiro atoms. The second-order valence-corrected chi connectivity index (χ2v) is 5.44. The molecular weight excluding hydrogens is 254 g/mol. The molecule has 1 unspecified atom stereocenters. The molecule has 3 rings (SSSR count). The molecule has 1 fully saturated rings. The van der Waals surface area contributed by atoms with Crippen LogP contribution in [-0.4, -0.2) is 23.9 Å². The highest BCUT2D eigenvalue weighted by Gasteiger charge is 2.31. The lowest BCUT2D eigenvalue weighted by Crippen LogP contribution is -2.17. The van der Waals surface area contributed by atoms with Crippen molar-refractivity contribution in [1.29, 1.82) is 0 Å². The van der Waals surface area contributed by atoms with Gasteiger partial charge in [0.1, 0.15) is 12.3 Å². The molecule has 2 aromatic rings. The average Bonchev–Trinajstić information content (AvgIpc) is 3.00. The number of hydrogen-bond donors (Lipinski definition) is 1. The molecule has 1 aliphatic rings. The molecule has 1 N–H and O–H groups in total. The summed E-state index contributed by atoms with van der Waals surface area (Å²) in [6.45, 7) is 1.20. The van der Waals surface area contributed by atoms with Gasteiger partial charge in [0.25, 0.3) is 0 Å². The Balaban J connectivity index is 1.66. The van der Waals surface area contributed by atoms with E-state index in [9.17, 15) is 0 Å². The first-order valence-corrected chi connectivity index (χ1v) is 7.06. The Morgan fingerprint density at radius 3 is 3.10 bits per heavy atom. The number of nitrogens with zero attached hydrogens (tertiary/aromatic N) is 2. The lowest BCUT2D eigenvalue weighted by atomic mass is 10.1. The van der Waals surface area contributed by atoms with Gasteiger partial charge < -0.3 is 19.1 Å². The summed E-state index contributed by atoms with van der Waals surface area (Å²) in [5.74, 6) is 1.57. The van der Waals surface area contributed by atoms with Gasteiger partial charge in [-0.2, -0.15) is 0 Å². The second-order valence-electron chi connectivity index (χ2n) is 5.44. The van der Waals surface area contributed by atoms with Gasteiger partial charge in [0.2, 0.25) is 0 Å². The highest BCUT2D eigenvalue weighted by atomic mass is 16.5. The van der Waals surface area contributed by atoms with E-state index in [1.54, 1.807) is 7.11 Å². The zero-order valence-electron chi connectivity index (χ0n) is 12.0. The van der Waals surface area contributed by atoms with Crippen molar-refractivity contribution in [2.75, 3.05) is 14.2 Å². The topological polar surface area (TPSA) is 52.2 Å². The third kappa shape index (κ3) is 2.94. The maximum Gasteiger partial charge on any atom is 0.162 e. The van der Waals surface area contributed by atoms with Crippen molar-refractivity contribution in [2.24, 2.45) is 5.92 Å². The van der Waals surface area contributed by atoms with Gasteiger partial charge in [-0.25, -0.2) is 0 Å². The van der Waals surface area contributed by atoms with E-state index in [4.69, 9.17) is 9.26 Å². The van der Waals surface area contributed by atoms with E-state index in [1.807, 2.05) is 13.1 Å². The normalized spacial score (nSPS) is 16.5. The predicted molar refractivity (Wildman–Crippen MR) is 75.3 cm³/mol. The number of nitrogens with one attached hydrogen (secondary N) is 1. The molecule has 108 valence electrons. The van der Waals surface area contributed by atoms with Gasteiger partial charge >= 0.3 is 0 Å². The van der Waals surface area contributed by atoms with Crippen molar-refractivity contribution >= 4 is 0 Å². The molecular formula is C15H21N3O2. The minimum Gasteiger partial charge on any atom is -0.377 e. The molecule has 5 nitrogen and oxygen atoms in total. The first kappa shape index (κ1) is 13.4. The van der Waals surface area contributed by atoms with Crippen LogP contribution in [0.4, 0.5) is 0 Å². The highest BCUT2D eigenvalue weighted by Crippen LogP contribution is 2.40. The lowest BCUT2D eigenvalue weighted by Gasteiger charge is -2.13. The first-order chi connectivity index (χ1) is 9.80. The Bertz CT molecular complexity index is 557. The molecule has 2 aromatic heterocycles. The monoisotopic (exact) mass is 275 g/mol. The van der Waals surface area contributed by atoms with Crippen molar-refractivity contribution in [3.05, 3.63) is 41.5 Å². The van der Waals surface area contributed by atoms with Crippen LogP contribution in [0.3, 0.4) is 0 Å². The van der Waals surface area contributed by atoms with Crippen LogP contribution in [-0.2, 0) is 17.9 Å². The first-order valence-electron chi connectivity index (χ1n) is 7.06. The maximum absolute atomic E-state index is 5.20. The number of rotatable bonds is 7. The lowest BCUT2D eigenvalue weighted by molar-refractivity contribution is 0.155. The van der Waals surface area contributed by atoms with E-state index in [0.29, 0.717) is 12.6 Å². The average molecular weight is 275 g/mol. The van der Waals surface area contributed by atoms with Crippen molar-refractivity contribution in [3.63, 3.8) is 0 Å². The summed E-state index contributed by atoms with van der Waals surface area (Å²) in [6.07, 6.45) is 6.97. The second kappa shape index (κ2) is 5.81. The van der Waals surface area contributed by atoms with Crippen molar-refractivity contribution in [1.82, 2.24) is 15.0 Å². The number of ether oxygens (including phenoxy) is 1. The summed E-state index contributed by atoms with van der Waals surface area (Å²) in [7, 11) is 3.69. The van der Waals surface area contributed by atoms with Crippen LogP contribution < -0.4 is 5.32 Å². The molecule has 1 saturated carbocycles. The summed E-state index contributed by atoms with van der Waals surface area (Å²) < 4.78 is 12.4. The van der Waals surface area contributed by atoms with Crippen LogP contribution in [0.5, 0.6) is 0 Å². The minimum atomic E-state index is 0.466. The van der Waals surface area contributed by atoms with Gasteiger partial charge in [0.15, 0.2) is 5.76 Å². The zero-order chi connectivity index (χ0) is 13.9. The third-order valence-corrected chi connectivity index (χ3v) is 3.78. The van der Waals surface area contributed by atoms with E-state index in [1.165, 1.54) is 18.4 Å². The number of hydrogen-bond acceptors (Lipinski definition) is 4. The van der Waals surface area contributed by atoms with Gasteiger partial charge in [-0.1, -0.05) is 5.16 Å². The number of aromatic nitrogens is 2. The van der Waals surface area contributed by atoms with Crippen LogP contribution in [0.1, 0.15) is 35.9 Å². The maximum atomic E-state index is 5.20. The quantitative estimate of drug-likeness (QED) is 0.842. The molecule has 1 atom stereocenters. The Kier molecular flexibility index (Phi) is 3.89. The van der Waals surface area contributed by atoms with E-state index in [-0.39, 0.29) is 0 Å². The SMILES string of the molecule is CNC(c1ccn(Cc2cc(COC)on2)c1)C1CC1. The Labute approximate surface area is 118 Å². The molecule has 5 heteroatoms. The summed E-state index contributed by atoms with van der Waals surface area (Å²) >= 11 is 0. The summed E-state index contributed by atoms with van der Waals surface area (Å²) in [6, 6.07) is 4.62. The summed E-state index contributed by atoms with van der Waals surface area (Å²) in [5, 5.41) is 7.47. The third-order valence-electron chi connectivity index (χ3n) is 3.78. The molecule has 0 radical (unpaired) electrons. The zero-order valence-corrected chi connectivity index (χ0v) is 12.0. The standard InChI is InChI=1S/C15H21N3O2/c1-16-15(11-3-4-11)12-5-6-18(8-12)9-13-7-14(10-19-2)20-17-13/h5-8,11,15-16H,3-4,9-10H2,1-2H3. The highest BCUT2D eigenvalue weighted by molar-refractivity contribution is 5.19. The Morgan fingerprint density at radius 1 is 1.55 bits per heavy atom. The predicted octanol–water partition coefficient (Wildman–Crippen LogP) is 2.34. The fourth-order valence-corrected chi connectivity index (χ4v) is 2.67. The van der Waals surface area contributed by atoms with Crippen LogP contribution in [0.2, 0.25) is 0 Å². The smallest absolute Gasteiger partial charge is 0.162 e. The van der Waals surface area contributed by atoms with Crippen molar-refractivity contribution < 1.29 is 9.26 Å². The minimum absolute atomic E-state index is 0.466. The van der Waals surface area contributed by atoms with E-state index < -0.39 is 0 Å². The van der Waals surface area contributed by atoms with E-state index >= 15 is 0 Å². The summed E-state index contributed by atoms with van der Waals surface area (Å²) in [4.78, 5) is 0. The van der Waals surface area contributed by atoms with Gasteiger partial charge in [-0.3, -0.25) is 0 Å². The molecule has 0 saturated heterocycles. The van der Waals surface area contributed by atoms with Crippen molar-refractivity contribution in [2.45, 2.75) is 32.0 Å². The van der Waals surface area contributed by atoms with Crippen LogP contribution in [0.15, 0.2) is 29.0 Å². The fourth-order valence-electron chi connectivity index (χ4n) is 2.67. The molecule has 0 aliphatic heterocycles. The largest absolute Gasteiger partial charge is 0.377 e. The molecule has 0 amide bonds. The van der Waals surface area contributed by atoms with Crippen LogP contribution >= 0.6 is 0 Å². The summed E-state index contributed by atoms with van der Waals surface area (Å²) in [5.41, 5.74) is 2.28. The fraction of sp³-hybridized carbons (Fsp3) is 0.533. The van der Waals surface area contributed by atoms with Gasteiger partial charge in [0.05, 0.1) is 6.54 Å². The van der Waals surface area contributed by atoms with Gasteiger partial charge in [0, 0.05) is 31.6 Å². The Morgan fingerprint density at radius 2 is 2.40 bits per heavy atom. The van der Waals surface area contributed by atoms with Gasteiger partial charge in [-0.15, -0.1) is 0 Å². The molecule has 2 heterocycles.